The second-order valence-corrected chi connectivity index (χ2v) is 8.61. The van der Waals surface area contributed by atoms with E-state index in [2.05, 4.69) is 20.8 Å². The van der Waals surface area contributed by atoms with Gasteiger partial charge >= 0.3 is 30.0 Å². The normalized spacial score (nSPS) is 17.6. The fourth-order valence-corrected chi connectivity index (χ4v) is 4.27. The molecular weight excluding hydrogens is 493 g/mol. The Bertz CT molecular complexity index is 1250. The highest BCUT2D eigenvalue weighted by molar-refractivity contribution is 6.00. The van der Waals surface area contributed by atoms with Gasteiger partial charge in [-0.05, 0) is 67.5 Å². The predicted octanol–water partition coefficient (Wildman–Crippen LogP) is 5.68. The number of nitrogens with zero attached hydrogens (tertiary/aromatic N) is 2. The number of amides is 1. The number of benzene rings is 2. The number of halogens is 3. The van der Waals surface area contributed by atoms with Crippen LogP contribution < -0.4 is 15.4 Å². The van der Waals surface area contributed by atoms with Crippen molar-refractivity contribution in [2.75, 3.05) is 17.7 Å². The van der Waals surface area contributed by atoms with Gasteiger partial charge in [-0.2, -0.15) is 13.2 Å². The molecule has 1 fully saturated rings. The number of rotatable bonds is 7. The van der Waals surface area contributed by atoms with E-state index in [4.69, 9.17) is 13.9 Å². The minimum atomic E-state index is -4.62. The third kappa shape index (κ3) is 6.57. The van der Waals surface area contributed by atoms with Crippen molar-refractivity contribution < 1.29 is 36.7 Å². The van der Waals surface area contributed by atoms with Crippen LogP contribution in [0, 0.1) is 0 Å². The Morgan fingerprint density at radius 3 is 2.30 bits per heavy atom. The van der Waals surface area contributed by atoms with E-state index >= 15 is 0 Å². The lowest BCUT2D eigenvalue weighted by molar-refractivity contribution is -0.147. The van der Waals surface area contributed by atoms with E-state index in [0.717, 1.165) is 50.5 Å². The van der Waals surface area contributed by atoms with E-state index in [1.807, 2.05) is 12.1 Å². The van der Waals surface area contributed by atoms with Crippen LogP contribution in [0.3, 0.4) is 0 Å². The molecule has 9 nitrogen and oxygen atoms in total. The molecule has 0 spiro atoms. The minimum absolute atomic E-state index is 0.0289. The molecule has 1 amide bonds. The Hall–Kier alpha value is -4.09. The van der Waals surface area contributed by atoms with Crippen LogP contribution in [-0.4, -0.2) is 35.3 Å². The Kier molecular flexibility index (Phi) is 7.65. The molecule has 12 heteroatoms. The van der Waals surface area contributed by atoms with Crippen LogP contribution in [0.25, 0.3) is 0 Å². The van der Waals surface area contributed by atoms with Gasteiger partial charge in [0.25, 0.3) is 0 Å². The van der Waals surface area contributed by atoms with Gasteiger partial charge in [-0.15, -0.1) is 5.10 Å². The fraction of sp³-hybridized carbons (Fsp3) is 0.360. The first-order valence-electron chi connectivity index (χ1n) is 11.6. The SMILES string of the molecule is COc1ccc(Nc2nnc(C(=O)Nc3ccc(C4CCC(OC(C)=O)CC4)cc3)o2)cc1C(F)(F)F. The maximum absolute atomic E-state index is 13.2. The number of hydrogen-bond donors (Lipinski definition) is 2. The van der Waals surface area contributed by atoms with Gasteiger partial charge < -0.3 is 24.5 Å². The van der Waals surface area contributed by atoms with Crippen LogP contribution in [0.1, 0.15) is 60.3 Å². The summed E-state index contributed by atoms with van der Waals surface area (Å²) in [6, 6.07) is 10.5. The highest BCUT2D eigenvalue weighted by atomic mass is 19.4. The van der Waals surface area contributed by atoms with E-state index < -0.39 is 17.6 Å². The first-order valence-corrected chi connectivity index (χ1v) is 11.6. The Balaban J connectivity index is 1.34. The quantitative estimate of drug-likeness (QED) is 0.384. The number of carbonyl (C=O) groups is 2. The van der Waals surface area contributed by atoms with Crippen LogP contribution in [0.15, 0.2) is 46.9 Å². The van der Waals surface area contributed by atoms with Gasteiger partial charge in [0.1, 0.15) is 11.9 Å². The maximum Gasteiger partial charge on any atom is 0.420 e. The molecule has 0 radical (unpaired) electrons. The zero-order chi connectivity index (χ0) is 26.6. The lowest BCUT2D eigenvalue weighted by Gasteiger charge is -2.28. The third-order valence-corrected chi connectivity index (χ3v) is 6.02. The predicted molar refractivity (Wildman–Crippen MR) is 127 cm³/mol. The molecule has 196 valence electrons. The van der Waals surface area contributed by atoms with E-state index in [-0.39, 0.29) is 35.4 Å². The number of anilines is 3. The summed E-state index contributed by atoms with van der Waals surface area (Å²) in [6.45, 7) is 1.42. The summed E-state index contributed by atoms with van der Waals surface area (Å²) in [7, 11) is 1.15. The Morgan fingerprint density at radius 1 is 1.00 bits per heavy atom. The average Bonchev–Trinajstić information content (AvgIpc) is 3.33. The Morgan fingerprint density at radius 2 is 1.68 bits per heavy atom. The summed E-state index contributed by atoms with van der Waals surface area (Å²) in [6.07, 6.45) is -1.23. The number of methoxy groups -OCH3 is 1. The molecule has 1 heterocycles. The highest BCUT2D eigenvalue weighted by Crippen LogP contribution is 2.38. The molecule has 0 unspecified atom stereocenters. The van der Waals surface area contributed by atoms with Crippen molar-refractivity contribution in [1.29, 1.82) is 0 Å². The highest BCUT2D eigenvalue weighted by Gasteiger charge is 2.34. The summed E-state index contributed by atoms with van der Waals surface area (Å²) >= 11 is 0. The van der Waals surface area contributed by atoms with Crippen molar-refractivity contribution >= 4 is 29.3 Å². The summed E-state index contributed by atoms with van der Waals surface area (Å²) < 4.78 is 55.0. The van der Waals surface area contributed by atoms with Crippen molar-refractivity contribution in [1.82, 2.24) is 10.2 Å². The summed E-state index contributed by atoms with van der Waals surface area (Å²) in [5.41, 5.74) is 0.695. The summed E-state index contributed by atoms with van der Waals surface area (Å²) in [5.74, 6) is -1.27. The molecule has 1 aliphatic carbocycles. The number of aromatic nitrogens is 2. The monoisotopic (exact) mass is 518 g/mol. The molecule has 2 N–H and O–H groups in total. The van der Waals surface area contributed by atoms with Crippen LogP contribution in [0.4, 0.5) is 30.6 Å². The largest absolute Gasteiger partial charge is 0.496 e. The summed E-state index contributed by atoms with van der Waals surface area (Å²) in [4.78, 5) is 23.6. The van der Waals surface area contributed by atoms with E-state index in [1.54, 1.807) is 12.1 Å². The molecule has 0 atom stereocenters. The fourth-order valence-electron chi connectivity index (χ4n) is 4.27. The molecule has 3 aromatic rings. The number of carbonyl (C=O) groups excluding carboxylic acids is 2. The molecule has 37 heavy (non-hydrogen) atoms. The van der Waals surface area contributed by atoms with Crippen molar-refractivity contribution in [2.45, 2.75) is 50.8 Å². The number of ether oxygens (including phenoxy) is 2. The first kappa shape index (κ1) is 26.0. The standard InChI is InChI=1S/C25H25F3N4O5/c1-14(33)36-19-10-5-16(6-11-19)15-3-7-17(8-4-15)29-22(34)23-31-32-24(37-23)30-18-9-12-21(35-2)20(13-18)25(26,27)28/h3-4,7-9,12-13,16,19H,5-6,10-11H2,1-2H3,(H,29,34)(H,30,32). The second kappa shape index (κ2) is 10.9. The molecule has 4 rings (SSSR count). The van der Waals surface area contributed by atoms with Crippen LogP contribution >= 0.6 is 0 Å². The zero-order valence-electron chi connectivity index (χ0n) is 20.1. The second-order valence-electron chi connectivity index (χ2n) is 8.61. The van der Waals surface area contributed by atoms with Gasteiger partial charge in [0, 0.05) is 18.3 Å². The molecule has 0 aliphatic heterocycles. The molecule has 1 saturated carbocycles. The number of esters is 1. The van der Waals surface area contributed by atoms with Gasteiger partial charge in [-0.3, -0.25) is 9.59 Å². The van der Waals surface area contributed by atoms with Gasteiger partial charge in [-0.25, -0.2) is 0 Å². The topological polar surface area (TPSA) is 116 Å². The number of hydrogen-bond acceptors (Lipinski definition) is 8. The number of nitrogens with one attached hydrogen (secondary N) is 2. The molecular formula is C25H25F3N4O5. The smallest absolute Gasteiger partial charge is 0.420 e. The van der Waals surface area contributed by atoms with Crippen molar-refractivity contribution in [3.05, 3.63) is 59.5 Å². The van der Waals surface area contributed by atoms with Crippen LogP contribution in [0.2, 0.25) is 0 Å². The summed E-state index contributed by atoms with van der Waals surface area (Å²) in [5, 5.41) is 12.5. The zero-order valence-corrected chi connectivity index (χ0v) is 20.1. The van der Waals surface area contributed by atoms with Gasteiger partial charge in [0.2, 0.25) is 0 Å². The molecule has 2 aromatic carbocycles. The first-order chi connectivity index (χ1) is 17.6. The van der Waals surface area contributed by atoms with Gasteiger partial charge in [-0.1, -0.05) is 17.2 Å². The molecule has 0 bridgehead atoms. The van der Waals surface area contributed by atoms with Gasteiger partial charge in [0.05, 0.1) is 12.7 Å². The van der Waals surface area contributed by atoms with Gasteiger partial charge in [0.15, 0.2) is 0 Å². The van der Waals surface area contributed by atoms with E-state index in [0.29, 0.717) is 11.6 Å². The third-order valence-electron chi connectivity index (χ3n) is 6.02. The maximum atomic E-state index is 13.2. The lowest BCUT2D eigenvalue weighted by Crippen LogP contribution is -2.22. The van der Waals surface area contributed by atoms with Crippen molar-refractivity contribution in [2.24, 2.45) is 0 Å². The van der Waals surface area contributed by atoms with Crippen molar-refractivity contribution in [3.8, 4) is 5.75 Å². The van der Waals surface area contributed by atoms with Crippen LogP contribution in [0.5, 0.6) is 5.75 Å². The average molecular weight is 518 g/mol. The lowest BCUT2D eigenvalue weighted by atomic mass is 9.82. The molecule has 1 aromatic heterocycles. The molecule has 1 aliphatic rings. The van der Waals surface area contributed by atoms with E-state index in [9.17, 15) is 22.8 Å². The molecule has 0 saturated heterocycles. The minimum Gasteiger partial charge on any atom is -0.496 e. The Labute approximate surface area is 210 Å². The van der Waals surface area contributed by atoms with Crippen molar-refractivity contribution in [3.63, 3.8) is 0 Å². The van der Waals surface area contributed by atoms with E-state index in [1.165, 1.54) is 13.0 Å². The van der Waals surface area contributed by atoms with Crippen LogP contribution in [-0.2, 0) is 15.7 Å². The number of alkyl halides is 3.